The molecule has 4 aromatic rings. The molecule has 0 fully saturated rings. The van der Waals surface area contributed by atoms with E-state index in [1.165, 1.54) is 34.4 Å². The molecule has 9 heteroatoms. The van der Waals surface area contributed by atoms with E-state index < -0.39 is 5.97 Å². The SMILES string of the molecule is Cc1cc(COC(=O)Cn2cnc3scc(-c4ccc(F)cc4)c3c2=O)no1. The van der Waals surface area contributed by atoms with Gasteiger partial charge in [0.2, 0.25) is 0 Å². The number of benzene rings is 1. The number of nitrogens with zero attached hydrogens (tertiary/aromatic N) is 3. The molecule has 3 aromatic heterocycles. The molecule has 0 bridgehead atoms. The molecule has 0 radical (unpaired) electrons. The molecule has 0 saturated carbocycles. The van der Waals surface area contributed by atoms with Crippen LogP contribution in [0.5, 0.6) is 0 Å². The Balaban J connectivity index is 1.58. The largest absolute Gasteiger partial charge is 0.458 e. The fourth-order valence-corrected chi connectivity index (χ4v) is 3.65. The van der Waals surface area contributed by atoms with Gasteiger partial charge in [-0.05, 0) is 24.6 Å². The van der Waals surface area contributed by atoms with Crippen molar-refractivity contribution >= 4 is 27.5 Å². The number of esters is 1. The number of carbonyl (C=O) groups excluding carboxylic acids is 1. The van der Waals surface area contributed by atoms with Crippen LogP contribution in [0.1, 0.15) is 11.5 Å². The van der Waals surface area contributed by atoms with E-state index in [1.54, 1.807) is 30.5 Å². The van der Waals surface area contributed by atoms with Crippen LogP contribution in [0, 0.1) is 12.7 Å². The van der Waals surface area contributed by atoms with Crippen LogP contribution in [0.2, 0.25) is 0 Å². The summed E-state index contributed by atoms with van der Waals surface area (Å²) in [5, 5.41) is 5.92. The normalized spacial score (nSPS) is 11.1. The molecule has 0 aliphatic heterocycles. The number of aryl methyl sites for hydroxylation is 1. The summed E-state index contributed by atoms with van der Waals surface area (Å²) in [6, 6.07) is 7.52. The van der Waals surface area contributed by atoms with Gasteiger partial charge in [0.1, 0.15) is 35.3 Å². The lowest BCUT2D eigenvalue weighted by Crippen LogP contribution is -2.25. The maximum absolute atomic E-state index is 13.2. The van der Waals surface area contributed by atoms with E-state index in [9.17, 15) is 14.0 Å². The lowest BCUT2D eigenvalue weighted by Gasteiger charge is -2.06. The number of carbonyl (C=O) groups is 1. The third-order valence-electron chi connectivity index (χ3n) is 4.07. The smallest absolute Gasteiger partial charge is 0.326 e. The van der Waals surface area contributed by atoms with Crippen molar-refractivity contribution in [3.8, 4) is 11.1 Å². The third kappa shape index (κ3) is 3.56. The molecule has 0 saturated heterocycles. The summed E-state index contributed by atoms with van der Waals surface area (Å²) in [5.41, 5.74) is 1.48. The standard InChI is InChI=1S/C19H14FN3O4S/c1-11-6-14(22-27-11)8-26-16(24)7-23-10-21-18-17(19(23)25)15(9-28-18)12-2-4-13(20)5-3-12/h2-6,9-10H,7-8H2,1H3. The molecular formula is C19H14FN3O4S. The highest BCUT2D eigenvalue weighted by molar-refractivity contribution is 7.17. The first-order chi connectivity index (χ1) is 13.5. The first-order valence-electron chi connectivity index (χ1n) is 8.31. The van der Waals surface area contributed by atoms with E-state index in [4.69, 9.17) is 9.26 Å². The predicted molar refractivity (Wildman–Crippen MR) is 100 cm³/mol. The van der Waals surface area contributed by atoms with Crippen molar-refractivity contribution in [1.29, 1.82) is 0 Å². The number of hydrogen-bond donors (Lipinski definition) is 0. The van der Waals surface area contributed by atoms with Gasteiger partial charge in [-0.1, -0.05) is 17.3 Å². The summed E-state index contributed by atoms with van der Waals surface area (Å²) in [5.74, 6) is -0.339. The third-order valence-corrected chi connectivity index (χ3v) is 4.96. The van der Waals surface area contributed by atoms with Gasteiger partial charge in [-0.2, -0.15) is 0 Å². The van der Waals surface area contributed by atoms with Crippen LogP contribution in [0.15, 0.2) is 51.4 Å². The van der Waals surface area contributed by atoms with Crippen molar-refractivity contribution in [1.82, 2.24) is 14.7 Å². The highest BCUT2D eigenvalue weighted by Crippen LogP contribution is 2.30. The summed E-state index contributed by atoms with van der Waals surface area (Å²) < 4.78 is 24.4. The van der Waals surface area contributed by atoms with Crippen LogP contribution in [-0.4, -0.2) is 20.7 Å². The zero-order valence-electron chi connectivity index (χ0n) is 14.7. The average molecular weight is 399 g/mol. The zero-order valence-corrected chi connectivity index (χ0v) is 15.5. The molecule has 0 aliphatic rings. The van der Waals surface area contributed by atoms with Crippen molar-refractivity contribution in [3.63, 3.8) is 0 Å². The Morgan fingerprint density at radius 3 is 2.82 bits per heavy atom. The van der Waals surface area contributed by atoms with Gasteiger partial charge in [0.15, 0.2) is 0 Å². The number of rotatable bonds is 5. The zero-order chi connectivity index (χ0) is 19.7. The number of aromatic nitrogens is 3. The van der Waals surface area contributed by atoms with Crippen LogP contribution < -0.4 is 5.56 Å². The summed E-state index contributed by atoms with van der Waals surface area (Å²) in [6.45, 7) is 1.41. The monoisotopic (exact) mass is 399 g/mol. The van der Waals surface area contributed by atoms with Crippen molar-refractivity contribution < 1.29 is 18.4 Å². The van der Waals surface area contributed by atoms with Gasteiger partial charge in [0.05, 0.1) is 11.7 Å². The minimum atomic E-state index is -0.595. The van der Waals surface area contributed by atoms with Crippen LogP contribution in [0.25, 0.3) is 21.3 Å². The molecule has 4 rings (SSSR count). The molecule has 0 N–H and O–H groups in total. The molecule has 1 aromatic carbocycles. The topological polar surface area (TPSA) is 87.2 Å². The minimum Gasteiger partial charge on any atom is -0.458 e. The van der Waals surface area contributed by atoms with Crippen LogP contribution in [0.3, 0.4) is 0 Å². The molecule has 0 spiro atoms. The predicted octanol–water partition coefficient (Wildman–Crippen LogP) is 3.30. The van der Waals surface area contributed by atoms with Gasteiger partial charge < -0.3 is 9.26 Å². The lowest BCUT2D eigenvalue weighted by molar-refractivity contribution is -0.145. The first-order valence-corrected chi connectivity index (χ1v) is 9.19. The lowest BCUT2D eigenvalue weighted by atomic mass is 10.1. The Bertz CT molecular complexity index is 1210. The van der Waals surface area contributed by atoms with Crippen LogP contribution in [0.4, 0.5) is 4.39 Å². The average Bonchev–Trinajstić information content (AvgIpc) is 3.29. The fourth-order valence-electron chi connectivity index (χ4n) is 2.75. The van der Waals surface area contributed by atoms with Crippen molar-refractivity contribution in [2.75, 3.05) is 0 Å². The second kappa shape index (κ2) is 7.35. The highest BCUT2D eigenvalue weighted by Gasteiger charge is 2.15. The van der Waals surface area contributed by atoms with Gasteiger partial charge in [0, 0.05) is 17.0 Å². The Hall–Kier alpha value is -3.33. The van der Waals surface area contributed by atoms with Crippen molar-refractivity contribution in [2.24, 2.45) is 0 Å². The molecule has 28 heavy (non-hydrogen) atoms. The van der Waals surface area contributed by atoms with E-state index in [2.05, 4.69) is 10.1 Å². The summed E-state index contributed by atoms with van der Waals surface area (Å²) >= 11 is 1.31. The van der Waals surface area contributed by atoms with Crippen LogP contribution in [-0.2, 0) is 22.7 Å². The molecule has 142 valence electrons. The summed E-state index contributed by atoms with van der Waals surface area (Å²) in [4.78, 5) is 29.8. The maximum atomic E-state index is 13.2. The molecule has 3 heterocycles. The van der Waals surface area contributed by atoms with Crippen LogP contribution >= 0.6 is 11.3 Å². The molecule has 0 aliphatic carbocycles. The maximum Gasteiger partial charge on any atom is 0.326 e. The minimum absolute atomic E-state index is 0.0418. The highest BCUT2D eigenvalue weighted by atomic mass is 32.1. The van der Waals surface area contributed by atoms with E-state index in [-0.39, 0.29) is 24.5 Å². The van der Waals surface area contributed by atoms with Crippen molar-refractivity contribution in [3.05, 3.63) is 69.7 Å². The quantitative estimate of drug-likeness (QED) is 0.479. The summed E-state index contributed by atoms with van der Waals surface area (Å²) in [6.07, 6.45) is 1.32. The van der Waals surface area contributed by atoms with E-state index >= 15 is 0 Å². The van der Waals surface area contributed by atoms with Crippen molar-refractivity contribution in [2.45, 2.75) is 20.1 Å². The number of fused-ring (bicyclic) bond motifs is 1. The molecule has 7 nitrogen and oxygen atoms in total. The Labute approximate surface area is 162 Å². The molecular weight excluding hydrogens is 385 g/mol. The van der Waals surface area contributed by atoms with E-state index in [0.29, 0.717) is 32.8 Å². The number of halogens is 1. The van der Waals surface area contributed by atoms with Gasteiger partial charge in [-0.25, -0.2) is 9.37 Å². The Morgan fingerprint density at radius 2 is 2.11 bits per heavy atom. The first kappa shape index (κ1) is 18.1. The fraction of sp³-hybridized carbons (Fsp3) is 0.158. The molecule has 0 unspecified atom stereocenters. The Morgan fingerprint density at radius 1 is 1.32 bits per heavy atom. The molecule has 0 atom stereocenters. The Kier molecular flexibility index (Phi) is 4.74. The second-order valence-electron chi connectivity index (χ2n) is 6.10. The van der Waals surface area contributed by atoms with E-state index in [0.717, 1.165) is 0 Å². The van der Waals surface area contributed by atoms with Gasteiger partial charge in [-0.15, -0.1) is 11.3 Å². The number of ether oxygens (including phenoxy) is 1. The van der Waals surface area contributed by atoms with Gasteiger partial charge >= 0.3 is 5.97 Å². The summed E-state index contributed by atoms with van der Waals surface area (Å²) in [7, 11) is 0. The number of thiophene rings is 1. The number of hydrogen-bond acceptors (Lipinski definition) is 7. The second-order valence-corrected chi connectivity index (χ2v) is 6.96. The molecule has 0 amide bonds. The van der Waals surface area contributed by atoms with E-state index in [1.807, 2.05) is 0 Å². The van der Waals surface area contributed by atoms with Gasteiger partial charge in [-0.3, -0.25) is 14.2 Å². The van der Waals surface area contributed by atoms with Gasteiger partial charge in [0.25, 0.3) is 5.56 Å².